The summed E-state index contributed by atoms with van der Waals surface area (Å²) < 4.78 is 12.8. The Morgan fingerprint density at radius 3 is 2.90 bits per heavy atom. The van der Waals surface area contributed by atoms with E-state index in [1.54, 1.807) is 12.3 Å². The minimum absolute atomic E-state index is 0.0845. The second kappa shape index (κ2) is 4.88. The van der Waals surface area contributed by atoms with Gasteiger partial charge >= 0.3 is 0 Å². The van der Waals surface area contributed by atoms with Crippen LogP contribution >= 0.6 is 0 Å². The zero-order valence-corrected chi connectivity index (χ0v) is 11.4. The Hall–Kier alpha value is -2.50. The Morgan fingerprint density at radius 1 is 1.35 bits per heavy atom. The number of rotatable bonds is 4. The van der Waals surface area contributed by atoms with Gasteiger partial charge in [0.1, 0.15) is 11.3 Å². The Balaban J connectivity index is 2.07. The number of aromatic nitrogens is 3. The first-order chi connectivity index (χ1) is 9.65. The van der Waals surface area contributed by atoms with Gasteiger partial charge in [0.15, 0.2) is 5.76 Å². The average molecular weight is 272 g/mol. The van der Waals surface area contributed by atoms with Crippen molar-refractivity contribution in [1.82, 2.24) is 14.7 Å². The SMILES string of the molecule is CC(C)Oc1cccc2c1nc(N)n2Cc1ccno1. The summed E-state index contributed by atoms with van der Waals surface area (Å²) in [5, 5.41) is 3.70. The number of hydrogen-bond acceptors (Lipinski definition) is 5. The summed E-state index contributed by atoms with van der Waals surface area (Å²) in [4.78, 5) is 4.40. The number of fused-ring (bicyclic) bond motifs is 1. The van der Waals surface area contributed by atoms with Gasteiger partial charge in [-0.1, -0.05) is 11.2 Å². The number of para-hydroxylation sites is 1. The predicted molar refractivity (Wildman–Crippen MR) is 75.5 cm³/mol. The standard InChI is InChI=1S/C14H16N4O2/c1-9(2)19-12-5-3-4-11-13(12)17-14(15)18(11)8-10-6-7-16-20-10/h3-7,9H,8H2,1-2H3,(H2,15,17). The molecule has 2 heterocycles. The molecule has 6 heteroatoms. The van der Waals surface area contributed by atoms with Gasteiger partial charge in [0.05, 0.1) is 24.4 Å². The van der Waals surface area contributed by atoms with E-state index in [1.165, 1.54) is 0 Å². The van der Waals surface area contributed by atoms with Gasteiger partial charge in [-0.25, -0.2) is 4.98 Å². The lowest BCUT2D eigenvalue weighted by Crippen LogP contribution is -2.06. The Morgan fingerprint density at radius 2 is 2.20 bits per heavy atom. The largest absolute Gasteiger partial charge is 0.489 e. The highest BCUT2D eigenvalue weighted by molar-refractivity contribution is 5.84. The monoisotopic (exact) mass is 272 g/mol. The van der Waals surface area contributed by atoms with E-state index < -0.39 is 0 Å². The topological polar surface area (TPSA) is 79.1 Å². The first-order valence-electron chi connectivity index (χ1n) is 6.46. The summed E-state index contributed by atoms with van der Waals surface area (Å²) in [5.41, 5.74) is 7.68. The highest BCUT2D eigenvalue weighted by atomic mass is 16.5. The highest BCUT2D eigenvalue weighted by Crippen LogP contribution is 2.28. The van der Waals surface area contributed by atoms with Gasteiger partial charge in [-0.3, -0.25) is 0 Å². The highest BCUT2D eigenvalue weighted by Gasteiger charge is 2.14. The third kappa shape index (κ3) is 2.20. The molecule has 0 bridgehead atoms. The van der Waals surface area contributed by atoms with Crippen LogP contribution in [0.5, 0.6) is 5.75 Å². The lowest BCUT2D eigenvalue weighted by Gasteiger charge is -2.10. The molecule has 0 saturated carbocycles. The summed E-state index contributed by atoms with van der Waals surface area (Å²) in [6, 6.07) is 7.59. The van der Waals surface area contributed by atoms with Crippen molar-refractivity contribution in [2.75, 3.05) is 5.73 Å². The molecule has 2 aromatic heterocycles. The van der Waals surface area contributed by atoms with Gasteiger partial charge in [0, 0.05) is 6.07 Å². The maximum absolute atomic E-state index is 6.00. The fourth-order valence-electron chi connectivity index (χ4n) is 2.13. The maximum Gasteiger partial charge on any atom is 0.201 e. The molecule has 0 saturated heterocycles. The molecular formula is C14H16N4O2. The Kier molecular flexibility index (Phi) is 3.06. The third-order valence-electron chi connectivity index (χ3n) is 2.94. The fraction of sp³-hybridized carbons (Fsp3) is 0.286. The number of nitrogens with two attached hydrogens (primary N) is 1. The molecule has 2 N–H and O–H groups in total. The van der Waals surface area contributed by atoms with Gasteiger partial charge in [-0.2, -0.15) is 0 Å². The van der Waals surface area contributed by atoms with Crippen LogP contribution in [0.25, 0.3) is 11.0 Å². The quantitative estimate of drug-likeness (QED) is 0.789. The van der Waals surface area contributed by atoms with Gasteiger partial charge < -0.3 is 19.6 Å². The third-order valence-corrected chi connectivity index (χ3v) is 2.94. The van der Waals surface area contributed by atoms with Crippen LogP contribution in [0, 0.1) is 0 Å². The molecule has 0 aliphatic carbocycles. The van der Waals surface area contributed by atoms with Gasteiger partial charge in [0.25, 0.3) is 0 Å². The molecule has 0 amide bonds. The molecule has 1 aromatic carbocycles. The molecule has 0 spiro atoms. The second-order valence-corrected chi connectivity index (χ2v) is 4.83. The normalized spacial score (nSPS) is 11.3. The van der Waals surface area contributed by atoms with Crippen molar-refractivity contribution >= 4 is 17.0 Å². The van der Waals surface area contributed by atoms with Crippen LogP contribution < -0.4 is 10.5 Å². The van der Waals surface area contributed by atoms with E-state index in [0.717, 1.165) is 22.5 Å². The van der Waals surface area contributed by atoms with Gasteiger partial charge in [-0.15, -0.1) is 0 Å². The smallest absolute Gasteiger partial charge is 0.201 e. The second-order valence-electron chi connectivity index (χ2n) is 4.83. The van der Waals surface area contributed by atoms with E-state index >= 15 is 0 Å². The van der Waals surface area contributed by atoms with E-state index in [0.29, 0.717) is 12.5 Å². The molecule has 0 unspecified atom stereocenters. The summed E-state index contributed by atoms with van der Waals surface area (Å²) in [6.07, 6.45) is 1.69. The van der Waals surface area contributed by atoms with E-state index in [4.69, 9.17) is 15.0 Å². The number of nitrogens with zero attached hydrogens (tertiary/aromatic N) is 3. The summed E-state index contributed by atoms with van der Waals surface area (Å²) in [7, 11) is 0. The fourth-order valence-corrected chi connectivity index (χ4v) is 2.13. The molecule has 0 aliphatic rings. The summed E-state index contributed by atoms with van der Waals surface area (Å²) in [6.45, 7) is 4.45. The summed E-state index contributed by atoms with van der Waals surface area (Å²) >= 11 is 0. The van der Waals surface area contributed by atoms with E-state index in [9.17, 15) is 0 Å². The number of ether oxygens (including phenoxy) is 1. The molecular weight excluding hydrogens is 256 g/mol. The van der Waals surface area contributed by atoms with Crippen LogP contribution in [-0.4, -0.2) is 20.8 Å². The molecule has 104 valence electrons. The number of anilines is 1. The zero-order valence-electron chi connectivity index (χ0n) is 11.4. The lowest BCUT2D eigenvalue weighted by molar-refractivity contribution is 0.245. The minimum Gasteiger partial charge on any atom is -0.489 e. The Bertz CT molecular complexity index is 716. The number of nitrogen functional groups attached to an aromatic ring is 1. The Labute approximate surface area is 116 Å². The van der Waals surface area contributed by atoms with Crippen LogP contribution in [0.2, 0.25) is 0 Å². The number of imidazole rings is 1. The van der Waals surface area contributed by atoms with Crippen LogP contribution in [0.15, 0.2) is 35.0 Å². The molecule has 6 nitrogen and oxygen atoms in total. The van der Waals surface area contributed by atoms with Crippen molar-refractivity contribution in [3.05, 3.63) is 36.2 Å². The van der Waals surface area contributed by atoms with Crippen molar-refractivity contribution in [3.8, 4) is 5.75 Å². The maximum atomic E-state index is 6.00. The number of benzene rings is 1. The first-order valence-corrected chi connectivity index (χ1v) is 6.46. The first kappa shape index (κ1) is 12.5. The zero-order chi connectivity index (χ0) is 14.1. The van der Waals surface area contributed by atoms with Crippen LogP contribution in [-0.2, 0) is 6.54 Å². The van der Waals surface area contributed by atoms with Crippen molar-refractivity contribution in [2.45, 2.75) is 26.5 Å². The molecule has 3 rings (SSSR count). The minimum atomic E-state index is 0.0845. The van der Waals surface area contributed by atoms with E-state index in [-0.39, 0.29) is 6.10 Å². The molecule has 3 aromatic rings. The number of hydrogen-bond donors (Lipinski definition) is 1. The molecule has 0 aliphatic heterocycles. The van der Waals surface area contributed by atoms with E-state index in [1.807, 2.05) is 36.6 Å². The molecule has 0 radical (unpaired) electrons. The van der Waals surface area contributed by atoms with Gasteiger partial charge in [-0.05, 0) is 26.0 Å². The van der Waals surface area contributed by atoms with Crippen molar-refractivity contribution in [3.63, 3.8) is 0 Å². The lowest BCUT2D eigenvalue weighted by atomic mass is 10.3. The van der Waals surface area contributed by atoms with Crippen LogP contribution in [0.3, 0.4) is 0 Å². The van der Waals surface area contributed by atoms with Crippen molar-refractivity contribution < 1.29 is 9.26 Å². The van der Waals surface area contributed by atoms with E-state index in [2.05, 4.69) is 10.1 Å². The summed E-state index contributed by atoms with van der Waals surface area (Å²) in [5.74, 6) is 1.89. The molecule has 0 fully saturated rings. The van der Waals surface area contributed by atoms with Crippen LogP contribution in [0.1, 0.15) is 19.6 Å². The predicted octanol–water partition coefficient (Wildman–Crippen LogP) is 2.44. The van der Waals surface area contributed by atoms with Crippen molar-refractivity contribution in [2.24, 2.45) is 0 Å². The van der Waals surface area contributed by atoms with Crippen LogP contribution in [0.4, 0.5) is 5.95 Å². The average Bonchev–Trinajstić information content (AvgIpc) is 3.00. The molecule has 20 heavy (non-hydrogen) atoms. The van der Waals surface area contributed by atoms with Crippen molar-refractivity contribution in [1.29, 1.82) is 0 Å². The molecule has 0 atom stereocenters. The van der Waals surface area contributed by atoms with Gasteiger partial charge in [0.2, 0.25) is 5.95 Å².